The van der Waals surface area contributed by atoms with Gasteiger partial charge in [0.25, 0.3) is 0 Å². The summed E-state index contributed by atoms with van der Waals surface area (Å²) in [6, 6.07) is 30.6. The van der Waals surface area contributed by atoms with E-state index in [1.54, 1.807) is 30.4 Å². The van der Waals surface area contributed by atoms with Gasteiger partial charge in [-0.25, -0.2) is 5.01 Å². The third-order valence-electron chi connectivity index (χ3n) is 5.23. The lowest BCUT2D eigenvalue weighted by atomic mass is 10.2. The van der Waals surface area contributed by atoms with E-state index in [1.807, 2.05) is 61.5 Å². The van der Waals surface area contributed by atoms with Crippen molar-refractivity contribution < 1.29 is 4.79 Å². The van der Waals surface area contributed by atoms with E-state index in [-0.39, 0.29) is 5.78 Å². The Kier molecular flexibility index (Phi) is 5.12. The van der Waals surface area contributed by atoms with E-state index >= 15 is 0 Å². The zero-order chi connectivity index (χ0) is 21.4. The fourth-order valence-corrected chi connectivity index (χ4v) is 6.92. The van der Waals surface area contributed by atoms with Crippen LogP contribution in [0.2, 0.25) is 0 Å². The minimum absolute atomic E-state index is 0.0714. The minimum atomic E-state index is -0.668. The number of rotatable bonds is 4. The number of carbonyl (C=O) groups is 1. The highest BCUT2D eigenvalue weighted by Crippen LogP contribution is 2.60. The van der Waals surface area contributed by atoms with Crippen molar-refractivity contribution in [1.29, 1.82) is 0 Å². The fraction of sp³-hybridized carbons (Fsp3) is 0.120. The maximum absolute atomic E-state index is 12.6. The molecule has 0 N–H and O–H groups in total. The molecule has 0 saturated heterocycles. The minimum Gasteiger partial charge on any atom is -0.301 e. The Balaban J connectivity index is 1.70. The third kappa shape index (κ3) is 3.36. The summed E-state index contributed by atoms with van der Waals surface area (Å²) in [6.45, 7) is 3.66. The molecule has 0 amide bonds. The van der Waals surface area contributed by atoms with Crippen LogP contribution in [0.25, 0.3) is 0 Å². The van der Waals surface area contributed by atoms with Crippen molar-refractivity contribution >= 4 is 45.7 Å². The van der Waals surface area contributed by atoms with Crippen LogP contribution < -0.4 is 9.91 Å². The van der Waals surface area contributed by atoms with Gasteiger partial charge in [0.2, 0.25) is 4.33 Å². The number of nitrogens with zero attached hydrogens (tertiary/aromatic N) is 3. The topological polar surface area (TPSA) is 35.9 Å². The summed E-state index contributed by atoms with van der Waals surface area (Å²) in [5.41, 5.74) is 4.02. The molecule has 0 saturated carbocycles. The average molecular weight is 444 g/mol. The summed E-state index contributed by atoms with van der Waals surface area (Å²) in [5.74, 6) is 0.0714. The predicted octanol–water partition coefficient (Wildman–Crippen LogP) is 6.29. The quantitative estimate of drug-likeness (QED) is 0.474. The first-order valence-corrected chi connectivity index (χ1v) is 11.7. The molecule has 0 bridgehead atoms. The zero-order valence-corrected chi connectivity index (χ0v) is 18.9. The Morgan fingerprint density at radius 3 is 1.94 bits per heavy atom. The Bertz CT molecular complexity index is 1180. The normalized spacial score (nSPS) is 20.5. The van der Waals surface area contributed by atoms with Crippen molar-refractivity contribution in [2.45, 2.75) is 18.2 Å². The number of Topliss-reactive ketones (excluding diaryl/α,β-unsaturated/α-hetero) is 1. The molecule has 31 heavy (non-hydrogen) atoms. The summed E-state index contributed by atoms with van der Waals surface area (Å²) in [7, 11) is 0. The van der Waals surface area contributed by atoms with Crippen molar-refractivity contribution in [3.63, 3.8) is 0 Å². The van der Waals surface area contributed by atoms with Gasteiger partial charge in [0.1, 0.15) is 5.04 Å². The first-order valence-electron chi connectivity index (χ1n) is 10.0. The molecule has 0 unspecified atom stereocenters. The highest BCUT2D eigenvalue weighted by Gasteiger charge is 2.56. The van der Waals surface area contributed by atoms with Crippen LogP contribution in [0.4, 0.5) is 11.4 Å². The van der Waals surface area contributed by atoms with Gasteiger partial charge in [-0.2, -0.15) is 5.10 Å². The second kappa shape index (κ2) is 7.94. The van der Waals surface area contributed by atoms with E-state index in [0.717, 1.165) is 32.6 Å². The molecule has 5 rings (SSSR count). The molecule has 3 aromatic rings. The lowest BCUT2D eigenvalue weighted by Crippen LogP contribution is -2.49. The molecule has 0 fully saturated rings. The number of hydrogen-bond donors (Lipinski definition) is 0. The Labute approximate surface area is 190 Å². The summed E-state index contributed by atoms with van der Waals surface area (Å²) in [6.07, 6.45) is 0. The van der Waals surface area contributed by atoms with Crippen molar-refractivity contribution in [2.75, 3.05) is 9.91 Å². The average Bonchev–Trinajstić information content (AvgIpc) is 3.33. The molecule has 1 spiro atoms. The van der Waals surface area contributed by atoms with E-state index < -0.39 is 4.33 Å². The largest absolute Gasteiger partial charge is 0.301 e. The first-order chi connectivity index (χ1) is 15.1. The van der Waals surface area contributed by atoms with Crippen LogP contribution in [0.5, 0.6) is 0 Å². The molecule has 4 nitrogen and oxygen atoms in total. The molecule has 2 heterocycles. The van der Waals surface area contributed by atoms with Gasteiger partial charge >= 0.3 is 0 Å². The van der Waals surface area contributed by atoms with E-state index in [2.05, 4.69) is 46.3 Å². The smallest absolute Gasteiger partial charge is 0.245 e. The number of anilines is 2. The van der Waals surface area contributed by atoms with E-state index in [0.29, 0.717) is 0 Å². The van der Waals surface area contributed by atoms with Gasteiger partial charge in [-0.1, -0.05) is 78.5 Å². The van der Waals surface area contributed by atoms with Gasteiger partial charge in [-0.3, -0.25) is 4.79 Å². The molecule has 0 radical (unpaired) electrons. The maximum atomic E-state index is 12.6. The van der Waals surface area contributed by atoms with Crippen LogP contribution in [0.1, 0.15) is 19.4 Å². The molecule has 0 aromatic heterocycles. The number of hydrazone groups is 1. The Morgan fingerprint density at radius 1 is 0.806 bits per heavy atom. The van der Waals surface area contributed by atoms with Gasteiger partial charge in [0.05, 0.1) is 10.6 Å². The molecule has 2 aliphatic heterocycles. The van der Waals surface area contributed by atoms with Gasteiger partial charge in [0, 0.05) is 16.9 Å². The number of allylic oxidation sites excluding steroid dienone is 2. The maximum Gasteiger partial charge on any atom is 0.245 e. The molecule has 1 atom stereocenters. The second-order valence-electron chi connectivity index (χ2n) is 7.31. The number of thioether (sulfide) groups is 2. The van der Waals surface area contributed by atoms with Gasteiger partial charge in [-0.05, 0) is 49.9 Å². The summed E-state index contributed by atoms with van der Waals surface area (Å²) in [4.78, 5) is 15.6. The molecule has 0 aliphatic carbocycles. The molecular weight excluding hydrogens is 422 g/mol. The van der Waals surface area contributed by atoms with Crippen LogP contribution in [0, 0.1) is 0 Å². The lowest BCUT2D eigenvalue weighted by Gasteiger charge is -2.41. The lowest BCUT2D eigenvalue weighted by molar-refractivity contribution is -0.113. The number of para-hydroxylation sites is 2. The standard InChI is InChI=1S/C25H21N3OS2/c1-18-23(19(2)29)30-25(27(18)21-14-8-4-9-15-21)28(22-16-10-5-11-17-22)26-24(31-25)20-12-6-3-7-13-20/h3-17H,1-2H3/t25-/m0/s1. The predicted molar refractivity (Wildman–Crippen MR) is 132 cm³/mol. The SMILES string of the molecule is CC(=O)C1=C(C)N(c2ccccc2)[C@@]2(SC(c3ccccc3)=NN2c2ccccc2)S1. The summed E-state index contributed by atoms with van der Waals surface area (Å²) in [5, 5.41) is 8.06. The van der Waals surface area contributed by atoms with Crippen LogP contribution >= 0.6 is 23.5 Å². The van der Waals surface area contributed by atoms with Crippen molar-refractivity contribution in [1.82, 2.24) is 0 Å². The van der Waals surface area contributed by atoms with Crippen LogP contribution in [-0.2, 0) is 4.79 Å². The van der Waals surface area contributed by atoms with Gasteiger partial charge in [0.15, 0.2) is 5.78 Å². The highest BCUT2D eigenvalue weighted by molar-refractivity contribution is 8.28. The molecule has 2 aliphatic rings. The van der Waals surface area contributed by atoms with Crippen LogP contribution in [0.15, 0.2) is 107 Å². The second-order valence-corrected chi connectivity index (χ2v) is 9.91. The summed E-state index contributed by atoms with van der Waals surface area (Å²) >= 11 is 3.25. The molecular formula is C25H21N3OS2. The van der Waals surface area contributed by atoms with Crippen LogP contribution in [-0.4, -0.2) is 15.2 Å². The van der Waals surface area contributed by atoms with E-state index in [4.69, 9.17) is 5.10 Å². The van der Waals surface area contributed by atoms with Gasteiger partial charge < -0.3 is 4.90 Å². The number of hydrogen-bond acceptors (Lipinski definition) is 6. The van der Waals surface area contributed by atoms with Crippen LogP contribution in [0.3, 0.4) is 0 Å². The monoisotopic (exact) mass is 443 g/mol. The van der Waals surface area contributed by atoms with Crippen molar-refractivity contribution in [3.05, 3.63) is 107 Å². The van der Waals surface area contributed by atoms with Gasteiger partial charge in [-0.15, -0.1) is 0 Å². The van der Waals surface area contributed by atoms with Crippen molar-refractivity contribution in [3.8, 4) is 0 Å². The van der Waals surface area contributed by atoms with E-state index in [9.17, 15) is 4.79 Å². The fourth-order valence-electron chi connectivity index (χ4n) is 3.86. The third-order valence-corrected chi connectivity index (χ3v) is 8.27. The molecule has 3 aromatic carbocycles. The Hall–Kier alpha value is -2.96. The number of carbonyl (C=O) groups excluding carboxylic acids is 1. The Morgan fingerprint density at radius 2 is 1.35 bits per heavy atom. The number of benzene rings is 3. The first kappa shape index (κ1) is 20.0. The van der Waals surface area contributed by atoms with Crippen molar-refractivity contribution in [2.24, 2.45) is 5.10 Å². The summed E-state index contributed by atoms with van der Waals surface area (Å²) < 4.78 is -0.668. The molecule has 6 heteroatoms. The zero-order valence-electron chi connectivity index (χ0n) is 17.2. The van der Waals surface area contributed by atoms with E-state index in [1.165, 1.54) is 0 Å². The number of ketones is 1. The molecule has 154 valence electrons. The highest BCUT2D eigenvalue weighted by atomic mass is 32.2.